The second kappa shape index (κ2) is 4.05. The topological polar surface area (TPSA) is 78.8 Å². The van der Waals surface area contributed by atoms with Crippen LogP contribution < -0.4 is 0 Å². The molecule has 0 saturated carbocycles. The lowest BCUT2D eigenvalue weighted by Crippen LogP contribution is -2.06. The van der Waals surface area contributed by atoms with Crippen molar-refractivity contribution in [2.24, 2.45) is 0 Å². The maximum atomic E-state index is 11.2. The van der Waals surface area contributed by atoms with Gasteiger partial charge in [0.15, 0.2) is 5.69 Å². The average Bonchev–Trinajstić information content (AvgIpc) is 2.47. The molecule has 0 aliphatic heterocycles. The third-order valence-corrected chi connectivity index (χ3v) is 1.89. The number of aromatic nitrogens is 2. The van der Waals surface area contributed by atoms with E-state index in [1.165, 1.54) is 0 Å². The fraction of sp³-hybridized carbons (Fsp3) is 0.286. The minimum atomic E-state index is -0.572. The van der Waals surface area contributed by atoms with Crippen LogP contribution in [0.4, 0.5) is 0 Å². The van der Waals surface area contributed by atoms with E-state index in [2.05, 4.69) is 26.1 Å². The zero-order chi connectivity index (χ0) is 9.84. The van der Waals surface area contributed by atoms with Gasteiger partial charge in [-0.25, -0.2) is 4.79 Å². The van der Waals surface area contributed by atoms with Crippen LogP contribution in [0.2, 0.25) is 0 Å². The van der Waals surface area contributed by atoms with Crippen molar-refractivity contribution in [2.45, 2.75) is 6.92 Å². The summed E-state index contributed by atoms with van der Waals surface area (Å²) in [5, 5.41) is 14.7. The van der Waals surface area contributed by atoms with E-state index in [9.17, 15) is 4.79 Å². The molecule has 0 bridgehead atoms. The summed E-state index contributed by atoms with van der Waals surface area (Å²) in [5.74, 6) is -0.572. The third-order valence-electron chi connectivity index (χ3n) is 1.31. The Morgan fingerprint density at radius 1 is 1.85 bits per heavy atom. The first kappa shape index (κ1) is 9.74. The van der Waals surface area contributed by atoms with Gasteiger partial charge < -0.3 is 4.74 Å². The first-order valence-electron chi connectivity index (χ1n) is 3.51. The van der Waals surface area contributed by atoms with Crippen LogP contribution in [0.3, 0.4) is 0 Å². The van der Waals surface area contributed by atoms with Crippen LogP contribution in [0.25, 0.3) is 0 Å². The van der Waals surface area contributed by atoms with Gasteiger partial charge in [0.1, 0.15) is 16.2 Å². The maximum Gasteiger partial charge on any atom is 0.357 e. The van der Waals surface area contributed by atoms with Crippen molar-refractivity contribution < 1.29 is 9.53 Å². The van der Waals surface area contributed by atoms with Crippen molar-refractivity contribution >= 4 is 21.9 Å². The molecule has 1 aromatic rings. The van der Waals surface area contributed by atoms with E-state index in [4.69, 9.17) is 10.00 Å². The first-order valence-corrected chi connectivity index (χ1v) is 4.31. The molecule has 0 aliphatic carbocycles. The molecule has 0 atom stereocenters. The van der Waals surface area contributed by atoms with Crippen LogP contribution in [0.15, 0.2) is 4.60 Å². The summed E-state index contributed by atoms with van der Waals surface area (Å²) in [5.41, 5.74) is 0.245. The number of esters is 1. The zero-order valence-corrected chi connectivity index (χ0v) is 8.38. The second-order valence-electron chi connectivity index (χ2n) is 2.10. The van der Waals surface area contributed by atoms with Crippen molar-refractivity contribution in [1.29, 1.82) is 5.26 Å². The Balaban J connectivity index is 3.02. The van der Waals surface area contributed by atoms with Crippen molar-refractivity contribution in [1.82, 2.24) is 10.2 Å². The van der Waals surface area contributed by atoms with E-state index >= 15 is 0 Å². The molecule has 0 aliphatic rings. The molecule has 0 aromatic carbocycles. The molecule has 6 heteroatoms. The predicted octanol–water partition coefficient (Wildman–Crippen LogP) is 1.22. The lowest BCUT2D eigenvalue weighted by atomic mass is 10.3. The summed E-state index contributed by atoms with van der Waals surface area (Å²) in [6, 6.07) is 1.84. The van der Waals surface area contributed by atoms with Crippen LogP contribution in [0, 0.1) is 11.3 Å². The Kier molecular flexibility index (Phi) is 3.03. The number of H-pyrrole nitrogens is 1. The SMILES string of the molecule is CCOC(=O)c1[nH]nc(Br)c1C#N. The van der Waals surface area contributed by atoms with E-state index in [0.29, 0.717) is 4.60 Å². The van der Waals surface area contributed by atoms with E-state index in [1.807, 2.05) is 6.07 Å². The van der Waals surface area contributed by atoms with Crippen LogP contribution in [0.5, 0.6) is 0 Å². The number of ether oxygens (including phenoxy) is 1. The van der Waals surface area contributed by atoms with Gasteiger partial charge in [0, 0.05) is 0 Å². The highest BCUT2D eigenvalue weighted by molar-refractivity contribution is 9.10. The highest BCUT2D eigenvalue weighted by Gasteiger charge is 2.18. The minimum Gasteiger partial charge on any atom is -0.461 e. The third kappa shape index (κ3) is 1.87. The largest absolute Gasteiger partial charge is 0.461 e. The molecule has 1 rings (SSSR count). The zero-order valence-electron chi connectivity index (χ0n) is 6.80. The Morgan fingerprint density at radius 3 is 3.08 bits per heavy atom. The van der Waals surface area contributed by atoms with Gasteiger partial charge in [-0.3, -0.25) is 5.10 Å². The van der Waals surface area contributed by atoms with Crippen molar-refractivity contribution in [3.63, 3.8) is 0 Å². The Labute approximate surface area is 82.8 Å². The molecule has 1 N–H and O–H groups in total. The molecule has 0 radical (unpaired) electrons. The monoisotopic (exact) mass is 243 g/mol. The van der Waals surface area contributed by atoms with Crippen LogP contribution in [-0.2, 0) is 4.74 Å². The van der Waals surface area contributed by atoms with Gasteiger partial charge in [0.05, 0.1) is 6.61 Å². The van der Waals surface area contributed by atoms with E-state index in [1.54, 1.807) is 6.92 Å². The first-order chi connectivity index (χ1) is 6.20. The lowest BCUT2D eigenvalue weighted by molar-refractivity contribution is 0.0519. The molecule has 0 fully saturated rings. The van der Waals surface area contributed by atoms with E-state index in [0.717, 1.165) is 0 Å². The summed E-state index contributed by atoms with van der Waals surface area (Å²) in [6.07, 6.45) is 0. The normalized spacial score (nSPS) is 9.31. The molecule has 13 heavy (non-hydrogen) atoms. The summed E-state index contributed by atoms with van der Waals surface area (Å²) in [4.78, 5) is 11.2. The van der Waals surface area contributed by atoms with Crippen LogP contribution in [0.1, 0.15) is 23.0 Å². The fourth-order valence-corrected chi connectivity index (χ4v) is 1.15. The molecule has 68 valence electrons. The predicted molar refractivity (Wildman–Crippen MR) is 47.0 cm³/mol. The van der Waals surface area contributed by atoms with E-state index < -0.39 is 5.97 Å². The second-order valence-corrected chi connectivity index (χ2v) is 2.85. The van der Waals surface area contributed by atoms with Gasteiger partial charge in [-0.1, -0.05) is 0 Å². The molecule has 0 unspecified atom stereocenters. The molecule has 1 heterocycles. The van der Waals surface area contributed by atoms with E-state index in [-0.39, 0.29) is 17.9 Å². The maximum absolute atomic E-state index is 11.2. The van der Waals surface area contributed by atoms with Gasteiger partial charge in [0.25, 0.3) is 0 Å². The lowest BCUT2D eigenvalue weighted by Gasteiger charge is -1.97. The number of nitrogens with zero attached hydrogens (tertiary/aromatic N) is 2. The highest BCUT2D eigenvalue weighted by atomic mass is 79.9. The van der Waals surface area contributed by atoms with Gasteiger partial charge in [0.2, 0.25) is 0 Å². The fourth-order valence-electron chi connectivity index (χ4n) is 0.773. The standard InChI is InChI=1S/C7H6BrN3O2/c1-2-13-7(12)5-4(3-9)6(8)11-10-5/h2H2,1H3,(H,10,11). The molecule has 0 saturated heterocycles. The summed E-state index contributed by atoms with van der Waals surface area (Å²) >= 11 is 3.02. The minimum absolute atomic E-state index is 0.0798. The summed E-state index contributed by atoms with van der Waals surface area (Å²) in [7, 11) is 0. The number of halogens is 1. The van der Waals surface area contributed by atoms with Crippen molar-refractivity contribution in [3.05, 3.63) is 15.9 Å². The molecular weight excluding hydrogens is 238 g/mol. The number of hydrogen-bond acceptors (Lipinski definition) is 4. The molecule has 0 amide bonds. The van der Waals surface area contributed by atoms with Gasteiger partial charge in [-0.15, -0.1) is 0 Å². The van der Waals surface area contributed by atoms with Gasteiger partial charge in [-0.2, -0.15) is 10.4 Å². The number of aromatic amines is 1. The van der Waals surface area contributed by atoms with Gasteiger partial charge in [-0.05, 0) is 22.9 Å². The smallest absolute Gasteiger partial charge is 0.357 e. The number of nitrogens with one attached hydrogen (secondary N) is 1. The molecule has 1 aromatic heterocycles. The Hall–Kier alpha value is -1.35. The van der Waals surface area contributed by atoms with Gasteiger partial charge >= 0.3 is 5.97 Å². The number of carbonyl (C=O) groups excluding carboxylic acids is 1. The number of hydrogen-bond donors (Lipinski definition) is 1. The quantitative estimate of drug-likeness (QED) is 0.793. The molecular formula is C7H6BrN3O2. The van der Waals surface area contributed by atoms with Crippen molar-refractivity contribution in [2.75, 3.05) is 6.61 Å². The summed E-state index contributed by atoms with van der Waals surface area (Å²) < 4.78 is 5.02. The molecule has 0 spiro atoms. The van der Waals surface area contributed by atoms with Crippen LogP contribution in [-0.4, -0.2) is 22.8 Å². The molecule has 5 nitrogen and oxygen atoms in total. The Morgan fingerprint density at radius 2 is 2.54 bits per heavy atom. The highest BCUT2D eigenvalue weighted by Crippen LogP contribution is 2.16. The number of rotatable bonds is 2. The average molecular weight is 244 g/mol. The van der Waals surface area contributed by atoms with Crippen molar-refractivity contribution in [3.8, 4) is 6.07 Å². The Bertz CT molecular complexity index is 366. The summed E-state index contributed by atoms with van der Waals surface area (Å²) in [6.45, 7) is 1.95. The van der Waals surface area contributed by atoms with Crippen LogP contribution >= 0.6 is 15.9 Å². The number of nitriles is 1. The number of carbonyl (C=O) groups is 1.